The van der Waals surface area contributed by atoms with Crippen LogP contribution in [0.4, 0.5) is 5.69 Å². The molecule has 0 spiro atoms. The normalized spacial score (nSPS) is 11.2. The number of aromatic nitrogens is 2. The largest absolute Gasteiger partial charge is 0.278 e. The highest BCUT2D eigenvalue weighted by molar-refractivity contribution is 9.10. The Morgan fingerprint density at radius 1 is 1.41 bits per heavy atom. The molecule has 22 heavy (non-hydrogen) atoms. The Labute approximate surface area is 137 Å². The fraction of sp³-hybridized carbons (Fsp3) is 0.286. The van der Waals surface area contributed by atoms with E-state index < -0.39 is 10.0 Å². The minimum Gasteiger partial charge on any atom is -0.278 e. The van der Waals surface area contributed by atoms with Gasteiger partial charge in [-0.25, -0.2) is 8.42 Å². The molecule has 0 radical (unpaired) electrons. The summed E-state index contributed by atoms with van der Waals surface area (Å²) in [6, 6.07) is 6.77. The van der Waals surface area contributed by atoms with Gasteiger partial charge in [-0.2, -0.15) is 10.4 Å². The number of halogens is 1. The second-order valence-corrected chi connectivity index (χ2v) is 7.26. The van der Waals surface area contributed by atoms with Gasteiger partial charge < -0.3 is 0 Å². The predicted octanol–water partition coefficient (Wildman–Crippen LogP) is 2.95. The zero-order valence-electron chi connectivity index (χ0n) is 12.4. The van der Waals surface area contributed by atoms with E-state index in [9.17, 15) is 8.42 Å². The molecule has 0 atom stereocenters. The van der Waals surface area contributed by atoms with Gasteiger partial charge in [0.05, 0.1) is 22.6 Å². The summed E-state index contributed by atoms with van der Waals surface area (Å²) in [6.07, 6.45) is 0. The number of hydrogen-bond donors (Lipinski definition) is 1. The van der Waals surface area contributed by atoms with Crippen molar-refractivity contribution in [3.63, 3.8) is 0 Å². The van der Waals surface area contributed by atoms with Crippen molar-refractivity contribution in [1.29, 1.82) is 5.26 Å². The third kappa shape index (κ3) is 3.00. The number of nitriles is 1. The van der Waals surface area contributed by atoms with Gasteiger partial charge in [0.1, 0.15) is 11.0 Å². The summed E-state index contributed by atoms with van der Waals surface area (Å²) in [4.78, 5) is 0.151. The highest BCUT2D eigenvalue weighted by atomic mass is 79.9. The lowest BCUT2D eigenvalue weighted by atomic mass is 10.2. The lowest BCUT2D eigenvalue weighted by Gasteiger charge is -2.10. The molecule has 0 aliphatic carbocycles. The van der Waals surface area contributed by atoms with E-state index in [1.165, 1.54) is 0 Å². The average Bonchev–Trinajstić information content (AvgIpc) is 2.73. The molecule has 1 heterocycles. The molecule has 8 heteroatoms. The van der Waals surface area contributed by atoms with Crippen LogP contribution in [0.1, 0.15) is 23.9 Å². The molecule has 116 valence electrons. The number of nitrogens with zero attached hydrogens (tertiary/aromatic N) is 3. The van der Waals surface area contributed by atoms with E-state index in [0.29, 0.717) is 22.4 Å². The van der Waals surface area contributed by atoms with Gasteiger partial charge in [0.15, 0.2) is 0 Å². The number of anilines is 1. The van der Waals surface area contributed by atoms with Crippen LogP contribution >= 0.6 is 15.9 Å². The van der Waals surface area contributed by atoms with Crippen LogP contribution in [0.25, 0.3) is 0 Å². The van der Waals surface area contributed by atoms with Crippen molar-refractivity contribution in [1.82, 2.24) is 9.78 Å². The molecule has 2 aromatic rings. The second kappa shape index (κ2) is 6.10. The molecule has 1 N–H and O–H groups in total. The molecule has 0 aliphatic heterocycles. The lowest BCUT2D eigenvalue weighted by molar-refractivity contribution is 0.598. The van der Waals surface area contributed by atoms with Gasteiger partial charge in [0.2, 0.25) is 0 Å². The Kier molecular flexibility index (Phi) is 4.58. The SMILES string of the molecule is CCn1nc(C)c(S(=O)(=O)Nc2cc(Br)ccc2C#N)c1C. The number of rotatable bonds is 4. The van der Waals surface area contributed by atoms with E-state index in [4.69, 9.17) is 5.26 Å². The summed E-state index contributed by atoms with van der Waals surface area (Å²) < 4.78 is 30.1. The van der Waals surface area contributed by atoms with E-state index in [0.717, 1.165) is 0 Å². The molecule has 0 unspecified atom stereocenters. The van der Waals surface area contributed by atoms with E-state index in [1.807, 2.05) is 13.0 Å². The van der Waals surface area contributed by atoms with Crippen LogP contribution < -0.4 is 4.72 Å². The van der Waals surface area contributed by atoms with Crippen molar-refractivity contribution >= 4 is 31.6 Å². The monoisotopic (exact) mass is 382 g/mol. The highest BCUT2D eigenvalue weighted by Gasteiger charge is 2.25. The third-order valence-electron chi connectivity index (χ3n) is 3.23. The number of hydrogen-bond acceptors (Lipinski definition) is 4. The minimum atomic E-state index is -3.82. The molecule has 0 saturated carbocycles. The van der Waals surface area contributed by atoms with Crippen LogP contribution in [-0.4, -0.2) is 18.2 Å². The zero-order chi connectivity index (χ0) is 16.5. The maximum atomic E-state index is 12.7. The Morgan fingerprint density at radius 2 is 2.09 bits per heavy atom. The summed E-state index contributed by atoms with van der Waals surface area (Å²) in [5.41, 5.74) is 1.49. The molecule has 1 aromatic carbocycles. The molecule has 0 amide bonds. The molecule has 2 rings (SSSR count). The molecule has 0 fully saturated rings. The van der Waals surface area contributed by atoms with Crippen LogP contribution in [0.5, 0.6) is 0 Å². The first-order valence-electron chi connectivity index (χ1n) is 6.56. The lowest BCUT2D eigenvalue weighted by Crippen LogP contribution is -2.16. The first-order valence-corrected chi connectivity index (χ1v) is 8.84. The Balaban J connectivity index is 2.52. The van der Waals surface area contributed by atoms with Crippen LogP contribution in [0.3, 0.4) is 0 Å². The van der Waals surface area contributed by atoms with E-state index in [-0.39, 0.29) is 16.1 Å². The van der Waals surface area contributed by atoms with Gasteiger partial charge in [0, 0.05) is 11.0 Å². The summed E-state index contributed by atoms with van der Waals surface area (Å²) in [5, 5.41) is 13.3. The van der Waals surface area contributed by atoms with Crippen molar-refractivity contribution in [3.05, 3.63) is 39.6 Å². The maximum Gasteiger partial charge on any atom is 0.265 e. The smallest absolute Gasteiger partial charge is 0.265 e. The summed E-state index contributed by atoms with van der Waals surface area (Å²) in [7, 11) is -3.82. The van der Waals surface area contributed by atoms with Crippen LogP contribution in [0.2, 0.25) is 0 Å². The van der Waals surface area contributed by atoms with Gasteiger partial charge in [-0.1, -0.05) is 15.9 Å². The quantitative estimate of drug-likeness (QED) is 0.879. The van der Waals surface area contributed by atoms with Crippen molar-refractivity contribution in [2.45, 2.75) is 32.2 Å². The topological polar surface area (TPSA) is 87.8 Å². The van der Waals surface area contributed by atoms with Gasteiger partial charge in [-0.15, -0.1) is 0 Å². The first-order chi connectivity index (χ1) is 10.3. The fourth-order valence-electron chi connectivity index (χ4n) is 2.27. The molecule has 0 bridgehead atoms. The van der Waals surface area contributed by atoms with Gasteiger partial charge in [0.25, 0.3) is 10.0 Å². The van der Waals surface area contributed by atoms with Crippen molar-refractivity contribution in [2.75, 3.05) is 4.72 Å². The van der Waals surface area contributed by atoms with E-state index >= 15 is 0 Å². The third-order valence-corrected chi connectivity index (χ3v) is 5.34. The highest BCUT2D eigenvalue weighted by Crippen LogP contribution is 2.26. The molecule has 0 aliphatic rings. The van der Waals surface area contributed by atoms with Crippen LogP contribution in [0.15, 0.2) is 27.6 Å². The van der Waals surface area contributed by atoms with Crippen molar-refractivity contribution in [2.24, 2.45) is 0 Å². The predicted molar refractivity (Wildman–Crippen MR) is 87.0 cm³/mol. The standard InChI is InChI=1S/C14H15BrN4O2S/c1-4-19-10(3)14(9(2)17-19)22(20,21)18-13-7-12(15)6-5-11(13)8-16/h5-7,18H,4H2,1-3H3. The molecule has 1 aromatic heterocycles. The first kappa shape index (κ1) is 16.5. The number of benzene rings is 1. The summed E-state index contributed by atoms with van der Waals surface area (Å²) in [5.74, 6) is 0. The molecular weight excluding hydrogens is 368 g/mol. The van der Waals surface area contributed by atoms with Crippen LogP contribution in [-0.2, 0) is 16.6 Å². The van der Waals surface area contributed by atoms with E-state index in [2.05, 4.69) is 25.8 Å². The summed E-state index contributed by atoms with van der Waals surface area (Å²) in [6.45, 7) is 5.85. The fourth-order valence-corrected chi connectivity index (χ4v) is 4.12. The average molecular weight is 383 g/mol. The van der Waals surface area contributed by atoms with E-state index in [1.54, 1.807) is 36.7 Å². The molecule has 6 nitrogen and oxygen atoms in total. The second-order valence-electron chi connectivity index (χ2n) is 4.72. The van der Waals surface area contributed by atoms with Crippen LogP contribution in [0, 0.1) is 25.2 Å². The Bertz CT molecular complexity index is 866. The number of nitrogens with one attached hydrogen (secondary N) is 1. The van der Waals surface area contributed by atoms with Crippen molar-refractivity contribution in [3.8, 4) is 6.07 Å². The van der Waals surface area contributed by atoms with Gasteiger partial charge >= 0.3 is 0 Å². The number of aryl methyl sites for hydroxylation is 2. The zero-order valence-corrected chi connectivity index (χ0v) is 14.8. The molecular formula is C14H15BrN4O2S. The van der Waals surface area contributed by atoms with Gasteiger partial charge in [-0.3, -0.25) is 9.40 Å². The van der Waals surface area contributed by atoms with Gasteiger partial charge in [-0.05, 0) is 39.0 Å². The Morgan fingerprint density at radius 3 is 2.64 bits per heavy atom. The number of sulfonamides is 1. The van der Waals surface area contributed by atoms with Crippen molar-refractivity contribution < 1.29 is 8.42 Å². The minimum absolute atomic E-state index is 0.151. The Hall–Kier alpha value is -1.85. The maximum absolute atomic E-state index is 12.7. The molecule has 0 saturated heterocycles. The summed E-state index contributed by atoms with van der Waals surface area (Å²) >= 11 is 3.27.